The monoisotopic (exact) mass is 482 g/mol. The van der Waals surface area contributed by atoms with Gasteiger partial charge in [-0.15, -0.1) is 11.3 Å². The molecule has 3 aromatic rings. The number of hydrogen-bond acceptors (Lipinski definition) is 8. The van der Waals surface area contributed by atoms with E-state index in [0.29, 0.717) is 21.9 Å². The predicted molar refractivity (Wildman–Crippen MR) is 114 cm³/mol. The van der Waals surface area contributed by atoms with E-state index >= 15 is 0 Å². The van der Waals surface area contributed by atoms with Gasteiger partial charge in [0, 0.05) is 59.7 Å². The number of aromatic nitrogens is 3. The third-order valence-electron chi connectivity index (χ3n) is 4.41. The molecule has 0 fully saturated rings. The molecule has 1 amide bonds. The van der Waals surface area contributed by atoms with Gasteiger partial charge in [-0.25, -0.2) is 15.0 Å². The van der Waals surface area contributed by atoms with Crippen molar-refractivity contribution in [1.82, 2.24) is 20.3 Å². The lowest BCUT2D eigenvalue weighted by molar-refractivity contribution is -0.145. The fourth-order valence-corrected chi connectivity index (χ4v) is 3.56. The molecule has 0 saturated heterocycles. The van der Waals surface area contributed by atoms with Crippen molar-refractivity contribution >= 4 is 17.2 Å². The van der Waals surface area contributed by atoms with Gasteiger partial charge in [-0.05, 0) is 25.1 Å². The van der Waals surface area contributed by atoms with E-state index in [1.54, 1.807) is 18.3 Å². The van der Waals surface area contributed by atoms with Crippen LogP contribution in [-0.4, -0.2) is 50.4 Å². The number of hydrogen-bond donors (Lipinski definition) is 3. The van der Waals surface area contributed by atoms with Crippen molar-refractivity contribution in [2.24, 2.45) is 0 Å². The third-order valence-corrected chi connectivity index (χ3v) is 5.37. The summed E-state index contributed by atoms with van der Waals surface area (Å²) in [6.45, 7) is 1.30. The van der Waals surface area contributed by atoms with Crippen molar-refractivity contribution in [3.63, 3.8) is 0 Å². The normalized spacial score (nSPS) is 12.4. The van der Waals surface area contributed by atoms with Crippen LogP contribution in [0.1, 0.15) is 33.0 Å². The lowest BCUT2D eigenvalue weighted by Crippen LogP contribution is -2.24. The number of nitrogens with one attached hydrogen (secondary N) is 1. The average Bonchev–Trinajstić information content (AvgIpc) is 3.23. The number of thiazole rings is 1. The summed E-state index contributed by atoms with van der Waals surface area (Å²) in [5.41, 5.74) is 1.14. The Bertz CT molecular complexity index is 1090. The molecule has 12 heteroatoms. The molecule has 0 aliphatic heterocycles. The summed E-state index contributed by atoms with van der Waals surface area (Å²) >= 11 is 1.42. The number of aliphatic hydroxyl groups is 2. The van der Waals surface area contributed by atoms with E-state index in [4.69, 9.17) is 9.84 Å². The summed E-state index contributed by atoms with van der Waals surface area (Å²) in [4.78, 5) is 24.6. The molecule has 1 aromatic carbocycles. The van der Waals surface area contributed by atoms with Crippen LogP contribution in [0.2, 0.25) is 0 Å². The molecule has 0 bridgehead atoms. The molecular formula is C21H21F3N4O4S. The predicted octanol–water partition coefficient (Wildman–Crippen LogP) is 2.98. The lowest BCUT2D eigenvalue weighted by Gasteiger charge is -2.17. The van der Waals surface area contributed by atoms with Crippen LogP contribution in [0.5, 0.6) is 5.75 Å². The number of benzene rings is 1. The Hall–Kier alpha value is -3.09. The van der Waals surface area contributed by atoms with Crippen molar-refractivity contribution in [3.8, 4) is 16.3 Å². The smallest absolute Gasteiger partial charge is 0.451 e. The number of carbonyl (C=O) groups is 1. The van der Waals surface area contributed by atoms with Crippen LogP contribution < -0.4 is 10.1 Å². The van der Waals surface area contributed by atoms with Gasteiger partial charge in [0.2, 0.25) is 5.82 Å². The van der Waals surface area contributed by atoms with Gasteiger partial charge in [0.1, 0.15) is 16.9 Å². The zero-order chi connectivity index (χ0) is 24.0. The van der Waals surface area contributed by atoms with Crippen molar-refractivity contribution in [2.45, 2.75) is 32.2 Å². The maximum Gasteiger partial charge on any atom is 0.451 e. The fourth-order valence-electron chi connectivity index (χ4n) is 2.81. The van der Waals surface area contributed by atoms with Gasteiger partial charge >= 0.3 is 6.18 Å². The standard InChI is InChI=1S/C21H21F3N4O4S/c1-12-7-26-19(33-12)15-4-14(5-17(6-15)32-16(11-30)2-3-29)18(31)25-8-13-9-27-20(28-10-13)21(22,23)24/h4-7,9-10,16,29-30H,2-3,8,11H2,1H3,(H,25,31). The van der Waals surface area contributed by atoms with Crippen molar-refractivity contribution < 1.29 is 32.9 Å². The fraction of sp³-hybridized carbons (Fsp3) is 0.333. The Balaban J connectivity index is 1.80. The van der Waals surface area contributed by atoms with Crippen LogP contribution in [0.25, 0.3) is 10.6 Å². The summed E-state index contributed by atoms with van der Waals surface area (Å²) in [6.07, 6.45) is -1.41. The molecular weight excluding hydrogens is 461 g/mol. The van der Waals surface area contributed by atoms with Gasteiger partial charge in [-0.2, -0.15) is 13.2 Å². The highest BCUT2D eigenvalue weighted by atomic mass is 32.1. The minimum Gasteiger partial charge on any atom is -0.488 e. The minimum absolute atomic E-state index is 0.0858. The quantitative estimate of drug-likeness (QED) is 0.429. The van der Waals surface area contributed by atoms with Crippen LogP contribution in [0.3, 0.4) is 0 Å². The zero-order valence-corrected chi connectivity index (χ0v) is 18.3. The SMILES string of the molecule is Cc1cnc(-c2cc(OC(CO)CCO)cc(C(=O)NCc3cnc(C(F)(F)F)nc3)c2)s1. The van der Waals surface area contributed by atoms with Crippen LogP contribution >= 0.6 is 11.3 Å². The number of amides is 1. The average molecular weight is 482 g/mol. The molecule has 33 heavy (non-hydrogen) atoms. The van der Waals surface area contributed by atoms with Crippen LogP contribution in [0.4, 0.5) is 13.2 Å². The Morgan fingerprint density at radius 3 is 2.45 bits per heavy atom. The van der Waals surface area contributed by atoms with Gasteiger partial charge < -0.3 is 20.3 Å². The number of aliphatic hydroxyl groups excluding tert-OH is 2. The second-order valence-corrected chi connectivity index (χ2v) is 8.29. The Morgan fingerprint density at radius 2 is 1.88 bits per heavy atom. The molecule has 0 radical (unpaired) electrons. The highest BCUT2D eigenvalue weighted by molar-refractivity contribution is 7.14. The lowest BCUT2D eigenvalue weighted by atomic mass is 10.1. The largest absolute Gasteiger partial charge is 0.488 e. The van der Waals surface area contributed by atoms with E-state index in [9.17, 15) is 23.1 Å². The Kier molecular flexibility index (Phi) is 7.95. The maximum absolute atomic E-state index is 12.8. The highest BCUT2D eigenvalue weighted by Crippen LogP contribution is 2.30. The highest BCUT2D eigenvalue weighted by Gasteiger charge is 2.34. The molecule has 2 heterocycles. The number of nitrogens with zero attached hydrogens (tertiary/aromatic N) is 3. The molecule has 176 valence electrons. The van der Waals surface area contributed by atoms with E-state index in [2.05, 4.69) is 20.3 Å². The second kappa shape index (κ2) is 10.7. The van der Waals surface area contributed by atoms with E-state index in [-0.39, 0.29) is 31.7 Å². The first kappa shape index (κ1) is 24.6. The van der Waals surface area contributed by atoms with E-state index < -0.39 is 24.0 Å². The molecule has 3 rings (SSSR count). The molecule has 0 saturated carbocycles. The first-order valence-electron chi connectivity index (χ1n) is 9.82. The minimum atomic E-state index is -4.64. The Morgan fingerprint density at radius 1 is 1.15 bits per heavy atom. The van der Waals surface area contributed by atoms with Crippen molar-refractivity contribution in [3.05, 3.63) is 58.6 Å². The first-order chi connectivity index (χ1) is 15.7. The van der Waals surface area contributed by atoms with Crippen LogP contribution in [0.15, 0.2) is 36.8 Å². The van der Waals surface area contributed by atoms with E-state index in [1.807, 2.05) is 6.92 Å². The maximum atomic E-state index is 12.8. The third kappa shape index (κ3) is 6.70. The summed E-state index contributed by atoms with van der Waals surface area (Å²) in [7, 11) is 0. The van der Waals surface area contributed by atoms with Crippen LogP contribution in [-0.2, 0) is 12.7 Å². The van der Waals surface area contributed by atoms with Crippen molar-refractivity contribution in [2.75, 3.05) is 13.2 Å². The topological polar surface area (TPSA) is 117 Å². The zero-order valence-electron chi connectivity index (χ0n) is 17.5. The molecule has 3 N–H and O–H groups in total. The number of aryl methyl sites for hydroxylation is 1. The second-order valence-electron chi connectivity index (χ2n) is 7.05. The van der Waals surface area contributed by atoms with Gasteiger partial charge in [-0.3, -0.25) is 4.79 Å². The molecule has 8 nitrogen and oxygen atoms in total. The molecule has 0 spiro atoms. The summed E-state index contributed by atoms with van der Waals surface area (Å²) in [6, 6.07) is 4.77. The first-order valence-corrected chi connectivity index (χ1v) is 10.6. The molecule has 2 aromatic heterocycles. The summed E-state index contributed by atoms with van der Waals surface area (Å²) < 4.78 is 43.5. The summed E-state index contributed by atoms with van der Waals surface area (Å²) in [5, 5.41) is 21.9. The number of alkyl halides is 3. The number of ether oxygens (including phenoxy) is 1. The van der Waals surface area contributed by atoms with Gasteiger partial charge in [0.25, 0.3) is 5.91 Å². The van der Waals surface area contributed by atoms with E-state index in [0.717, 1.165) is 17.3 Å². The molecule has 1 atom stereocenters. The van der Waals surface area contributed by atoms with Gasteiger partial charge in [0.15, 0.2) is 0 Å². The number of rotatable bonds is 9. The Labute approximate surface area is 191 Å². The number of carbonyl (C=O) groups excluding carboxylic acids is 1. The van der Waals surface area contributed by atoms with Crippen molar-refractivity contribution in [1.29, 1.82) is 0 Å². The van der Waals surface area contributed by atoms with Gasteiger partial charge in [0.05, 0.1) is 6.61 Å². The summed E-state index contributed by atoms with van der Waals surface area (Å²) in [5.74, 6) is -1.46. The van der Waals surface area contributed by atoms with Crippen LogP contribution in [0, 0.1) is 6.92 Å². The number of halogens is 3. The van der Waals surface area contributed by atoms with Gasteiger partial charge in [-0.1, -0.05) is 0 Å². The molecule has 1 unspecified atom stereocenters. The molecule has 0 aliphatic rings. The molecule has 0 aliphatic carbocycles. The van der Waals surface area contributed by atoms with E-state index in [1.165, 1.54) is 17.4 Å².